The fourth-order valence-electron chi connectivity index (χ4n) is 0.888. The van der Waals surface area contributed by atoms with Gasteiger partial charge in [0.05, 0.1) is 5.75 Å². The van der Waals surface area contributed by atoms with E-state index in [-0.39, 0.29) is 89.5 Å². The van der Waals surface area contributed by atoms with Crippen LogP contribution < -0.4 is 80.9 Å². The Hall–Kier alpha value is 2.55. The van der Waals surface area contributed by atoms with Crippen LogP contribution in [0.1, 0.15) is 41.9 Å². The monoisotopic (exact) mass is 244 g/mol. The molecule has 0 aromatic rings. The molecule has 0 bridgehead atoms. The van der Waals surface area contributed by atoms with Gasteiger partial charge in [-0.15, -0.1) is 0 Å². The zero-order valence-corrected chi connectivity index (χ0v) is 14.9. The van der Waals surface area contributed by atoms with Gasteiger partial charge in [0, 0.05) is 0 Å². The maximum absolute atomic E-state index is 10.2. The molecule has 0 heterocycles. The predicted molar refractivity (Wildman–Crippen MR) is 47.4 cm³/mol. The molecular formula is C7H18KNaO3S. The van der Waals surface area contributed by atoms with Crippen LogP contribution in [0.3, 0.4) is 0 Å². The summed E-state index contributed by atoms with van der Waals surface area (Å²) in [5, 5.41) is 0. The van der Waals surface area contributed by atoms with Crippen molar-refractivity contribution in [2.24, 2.45) is 0 Å². The van der Waals surface area contributed by atoms with Gasteiger partial charge in [-0.25, -0.2) is 0 Å². The van der Waals surface area contributed by atoms with E-state index in [9.17, 15) is 8.42 Å². The van der Waals surface area contributed by atoms with Gasteiger partial charge < -0.3 is 2.85 Å². The SMILES string of the molecule is CCCCCCCS(=O)(=O)O.[H-].[H-].[K+].[Na+]. The maximum Gasteiger partial charge on any atom is 1.00 e. The van der Waals surface area contributed by atoms with Crippen molar-refractivity contribution in [2.45, 2.75) is 39.0 Å². The first-order valence-corrected chi connectivity index (χ1v) is 5.62. The zero-order valence-electron chi connectivity index (χ0n) is 10.9. The first kappa shape index (κ1) is 20.9. The molecular weight excluding hydrogens is 226 g/mol. The van der Waals surface area contributed by atoms with E-state index >= 15 is 0 Å². The molecule has 0 spiro atoms. The van der Waals surface area contributed by atoms with Crippen LogP contribution in [-0.4, -0.2) is 18.7 Å². The molecule has 0 rings (SSSR count). The molecule has 0 fully saturated rings. The molecule has 0 aliphatic carbocycles. The van der Waals surface area contributed by atoms with E-state index in [0.717, 1.165) is 25.7 Å². The van der Waals surface area contributed by atoms with Gasteiger partial charge >= 0.3 is 80.9 Å². The van der Waals surface area contributed by atoms with Gasteiger partial charge in [0.1, 0.15) is 0 Å². The molecule has 6 heteroatoms. The van der Waals surface area contributed by atoms with Crippen LogP contribution in [0.2, 0.25) is 0 Å². The smallest absolute Gasteiger partial charge is 1.00 e. The van der Waals surface area contributed by atoms with Gasteiger partial charge in [-0.2, -0.15) is 8.42 Å². The molecule has 0 aromatic carbocycles. The standard InChI is InChI=1S/C7H16O3S.K.Na.2H/c1-2-3-4-5-6-7-11(8,9)10;;;;/h2-7H2,1H3,(H,8,9,10);;;;/q;2*+1;2*-1. The molecule has 0 saturated carbocycles. The Balaban J connectivity index is -0.0000000833. The third-order valence-electron chi connectivity index (χ3n) is 1.51. The molecule has 72 valence electrons. The summed E-state index contributed by atoms with van der Waals surface area (Å²) in [5.41, 5.74) is 0. The molecule has 1 N–H and O–H groups in total. The van der Waals surface area contributed by atoms with E-state index in [1.165, 1.54) is 0 Å². The van der Waals surface area contributed by atoms with Gasteiger partial charge in [0.2, 0.25) is 0 Å². The van der Waals surface area contributed by atoms with Crippen molar-refractivity contribution in [1.29, 1.82) is 0 Å². The summed E-state index contributed by atoms with van der Waals surface area (Å²) < 4.78 is 28.8. The topological polar surface area (TPSA) is 54.4 Å². The van der Waals surface area contributed by atoms with E-state index < -0.39 is 10.1 Å². The second kappa shape index (κ2) is 12.6. The van der Waals surface area contributed by atoms with Crippen molar-refractivity contribution < 1.29 is 96.8 Å². The van der Waals surface area contributed by atoms with Crippen LogP contribution >= 0.6 is 0 Å². The summed E-state index contributed by atoms with van der Waals surface area (Å²) in [6.07, 6.45) is 4.83. The van der Waals surface area contributed by atoms with E-state index in [2.05, 4.69) is 6.92 Å². The normalized spacial score (nSPS) is 10.0. The molecule has 0 unspecified atom stereocenters. The minimum absolute atomic E-state index is 0. The van der Waals surface area contributed by atoms with Crippen molar-refractivity contribution in [1.82, 2.24) is 0 Å². The van der Waals surface area contributed by atoms with Crippen LogP contribution in [0.25, 0.3) is 0 Å². The number of hydrogen-bond donors (Lipinski definition) is 1. The fourth-order valence-corrected chi connectivity index (χ4v) is 1.46. The molecule has 0 aliphatic rings. The Morgan fingerprint density at radius 1 is 1.15 bits per heavy atom. The summed E-state index contributed by atoms with van der Waals surface area (Å²) in [5.74, 6) is -0.0866. The molecule has 0 amide bonds. The molecule has 0 aromatic heterocycles. The quantitative estimate of drug-likeness (QED) is 0.295. The molecule has 0 atom stereocenters. The Morgan fingerprint density at radius 3 is 2.00 bits per heavy atom. The average molecular weight is 244 g/mol. The number of hydrogen-bond acceptors (Lipinski definition) is 2. The van der Waals surface area contributed by atoms with Gasteiger partial charge in [0.15, 0.2) is 0 Å². The van der Waals surface area contributed by atoms with Gasteiger partial charge in [-0.05, 0) is 6.42 Å². The second-order valence-electron chi connectivity index (χ2n) is 2.70. The first-order chi connectivity index (χ1) is 5.06. The zero-order chi connectivity index (χ0) is 8.74. The molecule has 0 saturated heterocycles. The van der Waals surface area contributed by atoms with E-state index in [1.54, 1.807) is 0 Å². The predicted octanol–water partition coefficient (Wildman–Crippen LogP) is -3.92. The van der Waals surface area contributed by atoms with Crippen molar-refractivity contribution in [2.75, 3.05) is 5.75 Å². The van der Waals surface area contributed by atoms with Crippen LogP contribution in [0.4, 0.5) is 0 Å². The van der Waals surface area contributed by atoms with Crippen molar-refractivity contribution >= 4 is 10.1 Å². The largest absolute Gasteiger partial charge is 1.00 e. The van der Waals surface area contributed by atoms with Gasteiger partial charge in [-0.3, -0.25) is 4.55 Å². The molecule has 0 radical (unpaired) electrons. The molecule has 0 aliphatic heterocycles. The van der Waals surface area contributed by atoms with Crippen molar-refractivity contribution in [3.63, 3.8) is 0 Å². The Bertz CT molecular complexity index is 191. The second-order valence-corrected chi connectivity index (χ2v) is 4.27. The maximum atomic E-state index is 10.2. The van der Waals surface area contributed by atoms with E-state index in [1.807, 2.05) is 0 Å². The van der Waals surface area contributed by atoms with Crippen molar-refractivity contribution in [3.05, 3.63) is 0 Å². The van der Waals surface area contributed by atoms with Gasteiger partial charge in [0.25, 0.3) is 10.1 Å². The summed E-state index contributed by atoms with van der Waals surface area (Å²) in [6, 6.07) is 0. The minimum atomic E-state index is -3.71. The number of rotatable bonds is 6. The van der Waals surface area contributed by atoms with E-state index in [0.29, 0.717) is 6.42 Å². The first-order valence-electron chi connectivity index (χ1n) is 4.01. The Kier molecular flexibility index (Phi) is 20.3. The Morgan fingerprint density at radius 2 is 1.62 bits per heavy atom. The summed E-state index contributed by atoms with van der Waals surface area (Å²) in [7, 11) is -3.71. The van der Waals surface area contributed by atoms with Gasteiger partial charge in [-0.1, -0.05) is 32.6 Å². The van der Waals surface area contributed by atoms with Crippen molar-refractivity contribution in [3.8, 4) is 0 Å². The fraction of sp³-hybridized carbons (Fsp3) is 1.00. The summed E-state index contributed by atoms with van der Waals surface area (Å²) in [4.78, 5) is 0. The third-order valence-corrected chi connectivity index (χ3v) is 2.31. The van der Waals surface area contributed by atoms with Crippen LogP contribution in [0.15, 0.2) is 0 Å². The summed E-state index contributed by atoms with van der Waals surface area (Å²) >= 11 is 0. The Labute approximate surface area is 149 Å². The van der Waals surface area contributed by atoms with E-state index in [4.69, 9.17) is 4.55 Å². The molecule has 13 heavy (non-hydrogen) atoms. The van der Waals surface area contributed by atoms with Crippen LogP contribution in [0, 0.1) is 0 Å². The average Bonchev–Trinajstić information content (AvgIpc) is 1.85. The molecule has 3 nitrogen and oxygen atoms in total. The summed E-state index contributed by atoms with van der Waals surface area (Å²) in [6.45, 7) is 2.10. The van der Waals surface area contributed by atoms with Crippen LogP contribution in [0.5, 0.6) is 0 Å². The third kappa shape index (κ3) is 20.6. The van der Waals surface area contributed by atoms with Crippen LogP contribution in [-0.2, 0) is 10.1 Å². The number of unbranched alkanes of at least 4 members (excludes halogenated alkanes) is 4. The minimum Gasteiger partial charge on any atom is -1.00 e.